The van der Waals surface area contributed by atoms with Gasteiger partial charge in [0, 0.05) is 19.2 Å². The highest BCUT2D eigenvalue weighted by Gasteiger charge is 2.22. The molecule has 0 aliphatic carbocycles. The molecule has 4 nitrogen and oxygen atoms in total. The molecule has 1 aromatic rings. The summed E-state index contributed by atoms with van der Waals surface area (Å²) in [7, 11) is 0. The molecule has 4 heteroatoms. The van der Waals surface area contributed by atoms with Crippen molar-refractivity contribution in [2.75, 3.05) is 13.1 Å². The maximum absolute atomic E-state index is 10.2. The summed E-state index contributed by atoms with van der Waals surface area (Å²) in [5.74, 6) is 0. The van der Waals surface area contributed by atoms with Crippen LogP contribution in [0.5, 0.6) is 0 Å². The largest absolute Gasteiger partial charge is 0.388 e. The summed E-state index contributed by atoms with van der Waals surface area (Å²) in [5.41, 5.74) is 0.230. The molecule has 104 valence electrons. The van der Waals surface area contributed by atoms with Crippen molar-refractivity contribution in [1.29, 1.82) is 0 Å². The molecule has 0 radical (unpaired) electrons. The Morgan fingerprint density at radius 3 is 2.61 bits per heavy atom. The number of hydrogen-bond donors (Lipinski definition) is 2. The highest BCUT2D eigenvalue weighted by Crippen LogP contribution is 2.16. The Morgan fingerprint density at radius 2 is 2.06 bits per heavy atom. The Hall–Kier alpha value is -0.870. The molecule has 0 fully saturated rings. The lowest BCUT2D eigenvalue weighted by Gasteiger charge is -2.22. The van der Waals surface area contributed by atoms with E-state index in [1.54, 1.807) is 0 Å². The molecule has 1 rings (SSSR count). The average Bonchev–Trinajstić information content (AvgIpc) is 2.76. The summed E-state index contributed by atoms with van der Waals surface area (Å²) < 4.78 is 2.03. The van der Waals surface area contributed by atoms with E-state index in [1.807, 2.05) is 30.8 Å². The summed E-state index contributed by atoms with van der Waals surface area (Å²) in [6, 6.07) is 2.48. The van der Waals surface area contributed by atoms with E-state index in [1.165, 1.54) is 0 Å². The fourth-order valence-corrected chi connectivity index (χ4v) is 2.18. The summed E-state index contributed by atoms with van der Waals surface area (Å²) in [5, 5.41) is 18.0. The van der Waals surface area contributed by atoms with Crippen molar-refractivity contribution < 1.29 is 5.11 Å². The maximum Gasteiger partial charge on any atom is 0.0799 e. The molecular formula is C14H27N3O. The van der Waals surface area contributed by atoms with E-state index in [9.17, 15) is 5.11 Å². The van der Waals surface area contributed by atoms with Gasteiger partial charge >= 0.3 is 0 Å². The van der Waals surface area contributed by atoms with Gasteiger partial charge in [0.25, 0.3) is 0 Å². The number of nitrogens with one attached hydrogen (secondary N) is 1. The van der Waals surface area contributed by atoms with Crippen LogP contribution in [0.2, 0.25) is 0 Å². The van der Waals surface area contributed by atoms with Crippen molar-refractivity contribution in [3.63, 3.8) is 0 Å². The zero-order valence-electron chi connectivity index (χ0n) is 12.1. The number of aromatic nitrogens is 2. The Labute approximate surface area is 110 Å². The molecule has 0 spiro atoms. The van der Waals surface area contributed by atoms with Crippen LogP contribution >= 0.6 is 0 Å². The second-order valence-electron chi connectivity index (χ2n) is 5.21. The maximum atomic E-state index is 10.2. The van der Waals surface area contributed by atoms with Gasteiger partial charge < -0.3 is 10.4 Å². The summed E-state index contributed by atoms with van der Waals surface area (Å²) in [4.78, 5) is 0. The van der Waals surface area contributed by atoms with Gasteiger partial charge in [0.15, 0.2) is 0 Å². The Morgan fingerprint density at radius 1 is 1.39 bits per heavy atom. The lowest BCUT2D eigenvalue weighted by atomic mass is 10.0. The van der Waals surface area contributed by atoms with E-state index >= 15 is 0 Å². The van der Waals surface area contributed by atoms with Crippen molar-refractivity contribution in [3.8, 4) is 0 Å². The van der Waals surface area contributed by atoms with Crippen molar-refractivity contribution in [3.05, 3.63) is 18.0 Å². The molecular weight excluding hydrogens is 226 g/mol. The standard InChI is InChI=1S/C14H27N3O/c1-5-13(6-2)17-9-8-12(16-17)10-14(4,18)11-15-7-3/h8-9,13,15,18H,5-7,10-11H2,1-4H3. The average molecular weight is 253 g/mol. The molecule has 2 N–H and O–H groups in total. The number of rotatable bonds is 8. The van der Waals surface area contributed by atoms with E-state index in [4.69, 9.17) is 0 Å². The minimum absolute atomic E-state index is 0.470. The van der Waals surface area contributed by atoms with E-state index in [-0.39, 0.29) is 0 Å². The highest BCUT2D eigenvalue weighted by atomic mass is 16.3. The fraction of sp³-hybridized carbons (Fsp3) is 0.786. The lowest BCUT2D eigenvalue weighted by Crippen LogP contribution is -2.39. The van der Waals surface area contributed by atoms with E-state index < -0.39 is 5.60 Å². The molecule has 1 atom stereocenters. The predicted molar refractivity (Wildman–Crippen MR) is 74.7 cm³/mol. The molecule has 0 amide bonds. The Balaban J connectivity index is 2.63. The summed E-state index contributed by atoms with van der Waals surface area (Å²) in [6.45, 7) is 9.72. The summed E-state index contributed by atoms with van der Waals surface area (Å²) >= 11 is 0. The summed E-state index contributed by atoms with van der Waals surface area (Å²) in [6.07, 6.45) is 4.79. The van der Waals surface area contributed by atoms with Gasteiger partial charge in [-0.15, -0.1) is 0 Å². The zero-order valence-corrected chi connectivity index (χ0v) is 12.1. The van der Waals surface area contributed by atoms with E-state index in [0.717, 1.165) is 25.1 Å². The quantitative estimate of drug-likeness (QED) is 0.746. The molecule has 1 heterocycles. The van der Waals surface area contributed by atoms with Gasteiger partial charge in [-0.05, 0) is 32.4 Å². The second-order valence-corrected chi connectivity index (χ2v) is 5.21. The molecule has 0 aliphatic rings. The van der Waals surface area contributed by atoms with Crippen molar-refractivity contribution in [1.82, 2.24) is 15.1 Å². The normalized spacial score (nSPS) is 15.0. The van der Waals surface area contributed by atoms with Crippen LogP contribution in [-0.2, 0) is 6.42 Å². The van der Waals surface area contributed by atoms with Gasteiger partial charge in [0.1, 0.15) is 0 Å². The van der Waals surface area contributed by atoms with Crippen molar-refractivity contribution in [2.24, 2.45) is 0 Å². The Bertz CT molecular complexity index is 343. The number of aliphatic hydroxyl groups is 1. The van der Waals surface area contributed by atoms with Crippen LogP contribution in [-0.4, -0.2) is 33.6 Å². The molecule has 0 saturated heterocycles. The van der Waals surface area contributed by atoms with Gasteiger partial charge in [-0.25, -0.2) is 0 Å². The van der Waals surface area contributed by atoms with Gasteiger partial charge in [0.05, 0.1) is 17.3 Å². The minimum Gasteiger partial charge on any atom is -0.388 e. The molecule has 1 unspecified atom stereocenters. The van der Waals surface area contributed by atoms with Crippen LogP contribution in [0.4, 0.5) is 0 Å². The molecule has 0 aromatic carbocycles. The first-order chi connectivity index (χ1) is 8.52. The first kappa shape index (κ1) is 15.2. The Kier molecular flexibility index (Phi) is 5.82. The molecule has 18 heavy (non-hydrogen) atoms. The van der Waals surface area contributed by atoms with Gasteiger partial charge in [0.2, 0.25) is 0 Å². The number of nitrogens with zero attached hydrogens (tertiary/aromatic N) is 2. The minimum atomic E-state index is -0.733. The molecule has 0 bridgehead atoms. The van der Waals surface area contributed by atoms with Crippen LogP contribution < -0.4 is 5.32 Å². The first-order valence-electron chi connectivity index (χ1n) is 6.99. The van der Waals surface area contributed by atoms with Gasteiger partial charge in [-0.1, -0.05) is 20.8 Å². The second kappa shape index (κ2) is 6.90. The fourth-order valence-electron chi connectivity index (χ4n) is 2.18. The molecule has 0 aliphatic heterocycles. The van der Waals surface area contributed by atoms with Crippen molar-refractivity contribution in [2.45, 2.75) is 58.6 Å². The van der Waals surface area contributed by atoms with Gasteiger partial charge in [-0.2, -0.15) is 5.10 Å². The first-order valence-corrected chi connectivity index (χ1v) is 6.99. The molecule has 0 saturated carbocycles. The zero-order chi connectivity index (χ0) is 13.6. The van der Waals surface area contributed by atoms with Crippen LogP contribution in [0.3, 0.4) is 0 Å². The number of hydrogen-bond acceptors (Lipinski definition) is 3. The third-order valence-corrected chi connectivity index (χ3v) is 3.30. The third kappa shape index (κ3) is 4.42. The van der Waals surface area contributed by atoms with Crippen LogP contribution in [0.15, 0.2) is 12.3 Å². The predicted octanol–water partition coefficient (Wildman–Crippen LogP) is 2.15. The van der Waals surface area contributed by atoms with E-state index in [0.29, 0.717) is 19.0 Å². The topological polar surface area (TPSA) is 50.1 Å². The van der Waals surface area contributed by atoms with Crippen LogP contribution in [0.25, 0.3) is 0 Å². The lowest BCUT2D eigenvalue weighted by molar-refractivity contribution is 0.0595. The SMILES string of the molecule is CCNCC(C)(O)Cc1ccn(C(CC)CC)n1. The van der Waals surface area contributed by atoms with Crippen LogP contribution in [0, 0.1) is 0 Å². The molecule has 1 aromatic heterocycles. The smallest absolute Gasteiger partial charge is 0.0799 e. The van der Waals surface area contributed by atoms with Gasteiger partial charge in [-0.3, -0.25) is 4.68 Å². The highest BCUT2D eigenvalue weighted by molar-refractivity contribution is 5.04. The van der Waals surface area contributed by atoms with E-state index in [2.05, 4.69) is 24.3 Å². The van der Waals surface area contributed by atoms with Crippen LogP contribution in [0.1, 0.15) is 52.3 Å². The third-order valence-electron chi connectivity index (χ3n) is 3.30. The van der Waals surface area contributed by atoms with Crippen molar-refractivity contribution >= 4 is 0 Å². The monoisotopic (exact) mass is 253 g/mol. The number of likely N-dealkylation sites (N-methyl/N-ethyl adjacent to an activating group) is 1.